The zero-order valence-electron chi connectivity index (χ0n) is 26.1. The Balaban J connectivity index is 1.10. The number of nitrogens with zero attached hydrogens (tertiary/aromatic N) is 2. The summed E-state index contributed by atoms with van der Waals surface area (Å²) < 4.78 is 11.6. The number of carbonyl (C=O) groups excluding carboxylic acids is 3. The average molecular weight is 700 g/mol. The fourth-order valence-electron chi connectivity index (χ4n) is 5.72. The van der Waals surface area contributed by atoms with Crippen LogP contribution in [0.15, 0.2) is 54.6 Å². The summed E-state index contributed by atoms with van der Waals surface area (Å²) in [7, 11) is 0. The number of anilines is 1. The third-order valence-electron chi connectivity index (χ3n) is 8.36. The van der Waals surface area contributed by atoms with E-state index in [2.05, 4.69) is 10.6 Å². The second kappa shape index (κ2) is 14.7. The average Bonchev–Trinajstić information content (AvgIpc) is 3.97. The molecule has 2 N–H and O–H groups in total. The van der Waals surface area contributed by atoms with Gasteiger partial charge in [0, 0.05) is 35.9 Å². The Morgan fingerprint density at radius 1 is 0.936 bits per heavy atom. The molecule has 248 valence electrons. The van der Waals surface area contributed by atoms with E-state index in [0.717, 1.165) is 42.4 Å². The minimum atomic E-state index is -0.729. The highest BCUT2D eigenvalue weighted by Gasteiger charge is 2.41. The minimum absolute atomic E-state index is 0.0137. The number of nitrogens with one attached hydrogen (secondary N) is 2. The summed E-state index contributed by atoms with van der Waals surface area (Å²) >= 11 is 19.1. The topological polar surface area (TPSA) is 100 Å². The number of aryl methyl sites for hydroxylation is 1. The van der Waals surface area contributed by atoms with Crippen molar-refractivity contribution in [3.8, 4) is 11.5 Å². The van der Waals surface area contributed by atoms with Gasteiger partial charge in [-0.15, -0.1) is 0 Å². The van der Waals surface area contributed by atoms with Gasteiger partial charge in [-0.2, -0.15) is 0 Å². The van der Waals surface area contributed by atoms with E-state index in [1.165, 1.54) is 0 Å². The van der Waals surface area contributed by atoms with E-state index in [1.54, 1.807) is 47.4 Å². The van der Waals surface area contributed by atoms with Gasteiger partial charge in [-0.25, -0.2) is 0 Å². The molecule has 1 heterocycles. The van der Waals surface area contributed by atoms with Crippen molar-refractivity contribution in [1.29, 1.82) is 0 Å². The molecule has 0 unspecified atom stereocenters. The van der Waals surface area contributed by atoms with Crippen molar-refractivity contribution in [3.05, 3.63) is 86.4 Å². The van der Waals surface area contributed by atoms with E-state index >= 15 is 0 Å². The number of rotatable bonds is 13. The predicted octanol–water partition coefficient (Wildman–Crippen LogP) is 5.73. The highest BCUT2D eigenvalue weighted by Crippen LogP contribution is 2.35. The van der Waals surface area contributed by atoms with Gasteiger partial charge < -0.3 is 25.0 Å². The Labute approximate surface area is 289 Å². The van der Waals surface area contributed by atoms with E-state index in [4.69, 9.17) is 44.3 Å². The Bertz CT molecular complexity index is 1620. The SMILES string of the molecule is Cc1cc(Cl)c(OCCOc2ccc(N3C(=O)CNC[C@@H]3C(=O)N(Cc3cc(CC(=O)NC4CC4)ccc3Cl)C3CC3)cc2)c(Cl)c1. The lowest BCUT2D eigenvalue weighted by atomic mass is 10.1. The first kappa shape index (κ1) is 33.4. The van der Waals surface area contributed by atoms with Crippen molar-refractivity contribution in [2.24, 2.45) is 0 Å². The third-order valence-corrected chi connectivity index (χ3v) is 9.29. The lowest BCUT2D eigenvalue weighted by molar-refractivity contribution is -0.136. The second-order valence-corrected chi connectivity index (χ2v) is 13.5. The molecule has 0 spiro atoms. The second-order valence-electron chi connectivity index (χ2n) is 12.3. The van der Waals surface area contributed by atoms with Crippen LogP contribution in [0.2, 0.25) is 15.1 Å². The monoisotopic (exact) mass is 698 g/mol. The molecule has 0 aromatic heterocycles. The van der Waals surface area contributed by atoms with Crippen LogP contribution in [-0.2, 0) is 27.3 Å². The van der Waals surface area contributed by atoms with Gasteiger partial charge in [-0.3, -0.25) is 19.3 Å². The maximum absolute atomic E-state index is 14.2. The van der Waals surface area contributed by atoms with Crippen molar-refractivity contribution in [3.63, 3.8) is 0 Å². The number of halogens is 3. The van der Waals surface area contributed by atoms with Gasteiger partial charge in [-0.1, -0.05) is 46.9 Å². The molecule has 2 saturated carbocycles. The van der Waals surface area contributed by atoms with Crippen LogP contribution in [0.3, 0.4) is 0 Å². The lowest BCUT2D eigenvalue weighted by Crippen LogP contribution is -2.61. The van der Waals surface area contributed by atoms with E-state index < -0.39 is 6.04 Å². The molecule has 3 amide bonds. The quantitative estimate of drug-likeness (QED) is 0.221. The molecule has 1 saturated heterocycles. The van der Waals surface area contributed by atoms with Crippen molar-refractivity contribution in [1.82, 2.24) is 15.5 Å². The molecular formula is C35H37Cl3N4O5. The number of ether oxygens (including phenoxy) is 2. The van der Waals surface area contributed by atoms with Crippen molar-refractivity contribution in [2.45, 2.75) is 63.7 Å². The molecule has 3 fully saturated rings. The number of amides is 3. The summed E-state index contributed by atoms with van der Waals surface area (Å²) in [5, 5.41) is 7.54. The molecule has 3 aromatic rings. The zero-order chi connectivity index (χ0) is 33.1. The highest BCUT2D eigenvalue weighted by molar-refractivity contribution is 6.37. The lowest BCUT2D eigenvalue weighted by Gasteiger charge is -2.38. The standard InChI is InChI=1S/C35H37Cl3N4O5/c1-21-14-29(37)34(30(38)15-21)47-13-12-46-27-9-7-26(8-10-27)42-31(18-39-19-33(42)44)35(45)41(25-5-6-25)20-23-16-22(2-11-28(23)36)17-32(43)40-24-3-4-24/h2,7-11,14-16,24-25,31,39H,3-6,12-13,17-20H2,1H3,(H,40,43)/t31-/m1/s1. The summed E-state index contributed by atoms with van der Waals surface area (Å²) in [6, 6.07) is 15.8. The number of carbonyl (C=O) groups is 3. The van der Waals surface area contributed by atoms with Crippen molar-refractivity contribution in [2.75, 3.05) is 31.2 Å². The summed E-state index contributed by atoms with van der Waals surface area (Å²) in [6.07, 6.45) is 4.09. The summed E-state index contributed by atoms with van der Waals surface area (Å²) in [4.78, 5) is 43.2. The smallest absolute Gasteiger partial charge is 0.247 e. The van der Waals surface area contributed by atoms with Gasteiger partial charge in [0.25, 0.3) is 0 Å². The van der Waals surface area contributed by atoms with Crippen LogP contribution in [0.25, 0.3) is 0 Å². The molecule has 6 rings (SSSR count). The predicted molar refractivity (Wildman–Crippen MR) is 183 cm³/mol. The van der Waals surface area contributed by atoms with Crippen LogP contribution in [-0.4, -0.2) is 67.1 Å². The maximum Gasteiger partial charge on any atom is 0.247 e. The van der Waals surface area contributed by atoms with Crippen LogP contribution in [0, 0.1) is 6.92 Å². The van der Waals surface area contributed by atoms with Crippen LogP contribution in [0.4, 0.5) is 5.69 Å². The van der Waals surface area contributed by atoms with Gasteiger partial charge in [0.2, 0.25) is 17.7 Å². The molecule has 2 aliphatic carbocycles. The van der Waals surface area contributed by atoms with Crippen LogP contribution < -0.4 is 25.0 Å². The Morgan fingerprint density at radius 2 is 1.64 bits per heavy atom. The zero-order valence-corrected chi connectivity index (χ0v) is 28.3. The maximum atomic E-state index is 14.2. The highest BCUT2D eigenvalue weighted by atomic mass is 35.5. The molecule has 12 heteroatoms. The molecular weight excluding hydrogens is 663 g/mol. The van der Waals surface area contributed by atoms with E-state index in [9.17, 15) is 14.4 Å². The fraction of sp³-hybridized carbons (Fsp3) is 0.400. The van der Waals surface area contributed by atoms with Gasteiger partial charge in [0.15, 0.2) is 5.75 Å². The Kier molecular flexibility index (Phi) is 10.5. The number of piperazine rings is 1. The first-order valence-corrected chi connectivity index (χ1v) is 17.0. The molecule has 9 nitrogen and oxygen atoms in total. The van der Waals surface area contributed by atoms with E-state index in [1.807, 2.05) is 24.0 Å². The van der Waals surface area contributed by atoms with Crippen LogP contribution >= 0.6 is 34.8 Å². The third kappa shape index (κ3) is 8.51. The molecule has 3 aliphatic rings. The van der Waals surface area contributed by atoms with Crippen LogP contribution in [0.5, 0.6) is 11.5 Å². The van der Waals surface area contributed by atoms with Gasteiger partial charge in [0.1, 0.15) is 25.0 Å². The fourth-order valence-corrected chi connectivity index (χ4v) is 6.60. The molecule has 0 radical (unpaired) electrons. The Hall–Kier alpha value is -3.50. The van der Waals surface area contributed by atoms with Gasteiger partial charge >= 0.3 is 0 Å². The molecule has 47 heavy (non-hydrogen) atoms. The van der Waals surface area contributed by atoms with Crippen molar-refractivity contribution < 1.29 is 23.9 Å². The molecule has 3 aromatic carbocycles. The Morgan fingerprint density at radius 3 is 2.32 bits per heavy atom. The van der Waals surface area contributed by atoms with Gasteiger partial charge in [0.05, 0.1) is 23.0 Å². The summed E-state index contributed by atoms with van der Waals surface area (Å²) in [5.41, 5.74) is 3.17. The largest absolute Gasteiger partial charge is 0.490 e. The van der Waals surface area contributed by atoms with E-state index in [0.29, 0.717) is 51.4 Å². The first-order valence-electron chi connectivity index (χ1n) is 15.9. The number of hydrogen-bond acceptors (Lipinski definition) is 6. The normalized spacial score (nSPS) is 17.7. The summed E-state index contributed by atoms with van der Waals surface area (Å²) in [5.74, 6) is 0.647. The number of hydrogen-bond donors (Lipinski definition) is 2. The molecule has 1 aliphatic heterocycles. The first-order chi connectivity index (χ1) is 22.7. The van der Waals surface area contributed by atoms with Gasteiger partial charge in [-0.05, 0) is 91.8 Å². The van der Waals surface area contributed by atoms with Crippen LogP contribution in [0.1, 0.15) is 42.4 Å². The molecule has 1 atom stereocenters. The minimum Gasteiger partial charge on any atom is -0.490 e. The summed E-state index contributed by atoms with van der Waals surface area (Å²) in [6.45, 7) is 3.13. The van der Waals surface area contributed by atoms with E-state index in [-0.39, 0.29) is 49.9 Å². The van der Waals surface area contributed by atoms with Crippen molar-refractivity contribution >= 4 is 58.2 Å². The molecule has 0 bridgehead atoms. The number of benzene rings is 3.